The second-order valence-electron chi connectivity index (χ2n) is 3.94. The highest BCUT2D eigenvalue weighted by molar-refractivity contribution is 9.10. The molecule has 2 aromatic rings. The van der Waals surface area contributed by atoms with Crippen molar-refractivity contribution in [1.29, 1.82) is 0 Å². The molecule has 0 heterocycles. The molecular weight excluding hydrogens is 317 g/mol. The highest BCUT2D eigenvalue weighted by Gasteiger charge is 2.15. The van der Waals surface area contributed by atoms with Gasteiger partial charge in [-0.25, -0.2) is 4.39 Å². The molecule has 0 amide bonds. The first-order valence-corrected chi connectivity index (χ1v) is 6.66. The van der Waals surface area contributed by atoms with Crippen LogP contribution >= 0.6 is 27.5 Å². The lowest BCUT2D eigenvalue weighted by Gasteiger charge is -2.18. The fourth-order valence-electron chi connectivity index (χ4n) is 1.89. The van der Waals surface area contributed by atoms with Crippen molar-refractivity contribution in [2.75, 3.05) is 7.05 Å². The van der Waals surface area contributed by atoms with Crippen molar-refractivity contribution >= 4 is 27.5 Å². The van der Waals surface area contributed by atoms with Gasteiger partial charge in [-0.15, -0.1) is 0 Å². The molecule has 0 saturated carbocycles. The maximum Gasteiger partial charge on any atom is 0.124 e. The van der Waals surface area contributed by atoms with Gasteiger partial charge < -0.3 is 5.32 Å². The highest BCUT2D eigenvalue weighted by atomic mass is 79.9. The van der Waals surface area contributed by atoms with Gasteiger partial charge in [0.15, 0.2) is 0 Å². The molecular formula is C14H12BrClFN. The summed E-state index contributed by atoms with van der Waals surface area (Å²) in [6.07, 6.45) is 0. The van der Waals surface area contributed by atoms with E-state index in [4.69, 9.17) is 11.6 Å². The third-order valence-corrected chi connectivity index (χ3v) is 3.62. The molecule has 0 aliphatic heterocycles. The van der Waals surface area contributed by atoms with Crippen molar-refractivity contribution in [3.8, 4) is 0 Å². The Balaban J connectivity index is 2.41. The van der Waals surface area contributed by atoms with Gasteiger partial charge in [0.25, 0.3) is 0 Å². The van der Waals surface area contributed by atoms with Crippen molar-refractivity contribution < 1.29 is 4.39 Å². The van der Waals surface area contributed by atoms with Crippen LogP contribution in [0.3, 0.4) is 0 Å². The lowest BCUT2D eigenvalue weighted by Crippen LogP contribution is -2.18. The predicted octanol–water partition coefficient (Wildman–Crippen LogP) is 4.55. The van der Waals surface area contributed by atoms with Crippen LogP contribution in [-0.4, -0.2) is 7.05 Å². The number of halogens is 3. The summed E-state index contributed by atoms with van der Waals surface area (Å²) in [5, 5.41) is 3.62. The van der Waals surface area contributed by atoms with Crippen molar-refractivity contribution in [2.24, 2.45) is 0 Å². The van der Waals surface area contributed by atoms with Crippen molar-refractivity contribution in [2.45, 2.75) is 6.04 Å². The molecule has 2 rings (SSSR count). The molecule has 4 heteroatoms. The number of nitrogens with one attached hydrogen (secondary N) is 1. The van der Waals surface area contributed by atoms with E-state index in [9.17, 15) is 4.39 Å². The van der Waals surface area contributed by atoms with Crippen LogP contribution in [0.25, 0.3) is 0 Å². The van der Waals surface area contributed by atoms with Gasteiger partial charge in [-0.2, -0.15) is 0 Å². The SMILES string of the molecule is CNC(c1ccc(Br)cc1)c1ccc(F)cc1Cl. The average molecular weight is 329 g/mol. The normalized spacial score (nSPS) is 12.4. The van der Waals surface area contributed by atoms with Crippen LogP contribution < -0.4 is 5.32 Å². The van der Waals surface area contributed by atoms with Gasteiger partial charge >= 0.3 is 0 Å². The van der Waals surface area contributed by atoms with Crippen LogP contribution in [0.1, 0.15) is 17.2 Å². The molecule has 0 saturated heterocycles. The van der Waals surface area contributed by atoms with E-state index >= 15 is 0 Å². The summed E-state index contributed by atoms with van der Waals surface area (Å²) in [6, 6.07) is 12.4. The highest BCUT2D eigenvalue weighted by Crippen LogP contribution is 2.29. The first-order valence-electron chi connectivity index (χ1n) is 5.49. The summed E-state index contributed by atoms with van der Waals surface area (Å²) in [4.78, 5) is 0. The lowest BCUT2D eigenvalue weighted by atomic mass is 9.99. The monoisotopic (exact) mass is 327 g/mol. The molecule has 0 radical (unpaired) electrons. The molecule has 0 aromatic heterocycles. The zero-order valence-electron chi connectivity index (χ0n) is 9.75. The molecule has 0 aliphatic rings. The number of hydrogen-bond acceptors (Lipinski definition) is 1. The van der Waals surface area contributed by atoms with Crippen molar-refractivity contribution in [3.05, 3.63) is 68.9 Å². The zero-order chi connectivity index (χ0) is 13.1. The Kier molecular flexibility index (Phi) is 4.38. The van der Waals surface area contributed by atoms with Crippen LogP contribution in [-0.2, 0) is 0 Å². The summed E-state index contributed by atoms with van der Waals surface area (Å²) < 4.78 is 14.1. The van der Waals surface area contributed by atoms with Crippen molar-refractivity contribution in [1.82, 2.24) is 5.32 Å². The molecule has 1 unspecified atom stereocenters. The minimum absolute atomic E-state index is 0.0498. The maximum absolute atomic E-state index is 13.1. The Morgan fingerprint density at radius 1 is 1.17 bits per heavy atom. The number of rotatable bonds is 3. The van der Waals surface area contributed by atoms with Crippen LogP contribution in [0.15, 0.2) is 46.9 Å². The second kappa shape index (κ2) is 5.83. The van der Waals surface area contributed by atoms with Crippen LogP contribution in [0, 0.1) is 5.82 Å². The second-order valence-corrected chi connectivity index (χ2v) is 5.26. The Hall–Kier alpha value is -0.900. The molecule has 0 bridgehead atoms. The van der Waals surface area contributed by atoms with Gasteiger partial charge in [0.1, 0.15) is 5.82 Å². The Morgan fingerprint density at radius 3 is 2.39 bits per heavy atom. The summed E-state index contributed by atoms with van der Waals surface area (Å²) >= 11 is 9.50. The quantitative estimate of drug-likeness (QED) is 0.871. The summed E-state index contributed by atoms with van der Waals surface area (Å²) in [6.45, 7) is 0. The van der Waals surface area contributed by atoms with Crippen molar-refractivity contribution in [3.63, 3.8) is 0 Å². The average Bonchev–Trinajstić information content (AvgIpc) is 2.35. The molecule has 1 atom stereocenters. The molecule has 0 fully saturated rings. The zero-order valence-corrected chi connectivity index (χ0v) is 12.1. The number of hydrogen-bond donors (Lipinski definition) is 1. The largest absolute Gasteiger partial charge is 0.309 e. The molecule has 0 aliphatic carbocycles. The van der Waals surface area contributed by atoms with Gasteiger partial charge in [-0.3, -0.25) is 0 Å². The minimum Gasteiger partial charge on any atom is -0.309 e. The first-order chi connectivity index (χ1) is 8.61. The molecule has 18 heavy (non-hydrogen) atoms. The van der Waals surface area contributed by atoms with E-state index < -0.39 is 0 Å². The fraction of sp³-hybridized carbons (Fsp3) is 0.143. The predicted molar refractivity (Wildman–Crippen MR) is 76.5 cm³/mol. The van der Waals surface area contributed by atoms with E-state index in [0.29, 0.717) is 5.02 Å². The summed E-state index contributed by atoms with van der Waals surface area (Å²) in [5.74, 6) is -0.325. The number of benzene rings is 2. The molecule has 0 spiro atoms. The Morgan fingerprint density at radius 2 is 1.83 bits per heavy atom. The standard InChI is InChI=1S/C14H12BrClFN/c1-18-14(9-2-4-10(15)5-3-9)12-7-6-11(17)8-13(12)16/h2-8,14,18H,1H3. The Bertz CT molecular complexity index is 542. The van der Waals surface area contributed by atoms with E-state index in [1.165, 1.54) is 12.1 Å². The Labute approximate surface area is 119 Å². The molecule has 94 valence electrons. The van der Waals surface area contributed by atoms with E-state index in [-0.39, 0.29) is 11.9 Å². The van der Waals surface area contributed by atoms with E-state index in [0.717, 1.165) is 15.6 Å². The van der Waals surface area contributed by atoms with Crippen LogP contribution in [0.5, 0.6) is 0 Å². The van der Waals surface area contributed by atoms with Crippen LogP contribution in [0.4, 0.5) is 4.39 Å². The van der Waals surface area contributed by atoms with Gasteiger partial charge in [-0.05, 0) is 42.4 Å². The lowest BCUT2D eigenvalue weighted by molar-refractivity contribution is 0.623. The van der Waals surface area contributed by atoms with E-state index in [1.54, 1.807) is 6.07 Å². The minimum atomic E-state index is -0.325. The van der Waals surface area contributed by atoms with E-state index in [2.05, 4.69) is 21.2 Å². The van der Waals surface area contributed by atoms with Gasteiger partial charge in [0.2, 0.25) is 0 Å². The fourth-order valence-corrected chi connectivity index (χ4v) is 2.43. The van der Waals surface area contributed by atoms with E-state index in [1.807, 2.05) is 31.3 Å². The molecule has 1 N–H and O–H groups in total. The molecule has 1 nitrogen and oxygen atoms in total. The van der Waals surface area contributed by atoms with Crippen LogP contribution in [0.2, 0.25) is 5.02 Å². The maximum atomic E-state index is 13.1. The first kappa shape index (κ1) is 13.5. The third kappa shape index (κ3) is 2.91. The van der Waals surface area contributed by atoms with Gasteiger partial charge in [0, 0.05) is 9.50 Å². The van der Waals surface area contributed by atoms with Gasteiger partial charge in [-0.1, -0.05) is 45.7 Å². The topological polar surface area (TPSA) is 12.0 Å². The third-order valence-electron chi connectivity index (χ3n) is 2.77. The molecule has 2 aromatic carbocycles. The van der Waals surface area contributed by atoms with Gasteiger partial charge in [0.05, 0.1) is 6.04 Å². The smallest absolute Gasteiger partial charge is 0.124 e. The summed E-state index contributed by atoms with van der Waals surface area (Å²) in [7, 11) is 1.85. The summed E-state index contributed by atoms with van der Waals surface area (Å²) in [5.41, 5.74) is 1.94.